The van der Waals surface area contributed by atoms with Crippen molar-refractivity contribution in [2.24, 2.45) is 5.73 Å². The minimum Gasteiger partial charge on any atom is -0.317 e. The summed E-state index contributed by atoms with van der Waals surface area (Å²) >= 11 is 4.91. The quantitative estimate of drug-likeness (QED) is 0.750. The SMILES string of the molecule is NC1(c2nc(Br)cs2)CNC1. The molecular formula is C6H8BrN3S. The van der Waals surface area contributed by atoms with Crippen molar-refractivity contribution in [3.8, 4) is 0 Å². The van der Waals surface area contributed by atoms with Crippen LogP contribution in [0.4, 0.5) is 0 Å². The molecule has 0 saturated carbocycles. The van der Waals surface area contributed by atoms with Crippen LogP contribution in [0, 0.1) is 0 Å². The van der Waals surface area contributed by atoms with Gasteiger partial charge in [0, 0.05) is 18.5 Å². The van der Waals surface area contributed by atoms with Gasteiger partial charge in [-0.05, 0) is 15.9 Å². The first-order valence-corrected chi connectivity index (χ1v) is 4.99. The number of nitrogens with zero attached hydrogens (tertiary/aromatic N) is 1. The van der Waals surface area contributed by atoms with Gasteiger partial charge in [-0.1, -0.05) is 0 Å². The number of nitrogens with one attached hydrogen (secondary N) is 1. The first-order valence-electron chi connectivity index (χ1n) is 3.32. The van der Waals surface area contributed by atoms with Crippen LogP contribution < -0.4 is 11.1 Å². The minimum atomic E-state index is -0.198. The van der Waals surface area contributed by atoms with E-state index < -0.39 is 0 Å². The Kier molecular flexibility index (Phi) is 1.75. The molecule has 2 rings (SSSR count). The molecule has 5 heteroatoms. The van der Waals surface area contributed by atoms with Gasteiger partial charge in [-0.25, -0.2) is 4.98 Å². The average molecular weight is 234 g/mol. The zero-order valence-electron chi connectivity index (χ0n) is 5.80. The largest absolute Gasteiger partial charge is 0.317 e. The fourth-order valence-electron chi connectivity index (χ4n) is 1.03. The summed E-state index contributed by atoms with van der Waals surface area (Å²) in [5, 5.41) is 6.11. The summed E-state index contributed by atoms with van der Waals surface area (Å²) in [7, 11) is 0. The lowest BCUT2D eigenvalue weighted by atomic mass is 9.95. The van der Waals surface area contributed by atoms with E-state index in [0.29, 0.717) is 0 Å². The average Bonchev–Trinajstić information content (AvgIpc) is 2.31. The molecule has 0 atom stereocenters. The van der Waals surface area contributed by atoms with Crippen molar-refractivity contribution in [1.29, 1.82) is 0 Å². The third kappa shape index (κ3) is 1.22. The van der Waals surface area contributed by atoms with Gasteiger partial charge in [-0.3, -0.25) is 0 Å². The van der Waals surface area contributed by atoms with Gasteiger partial charge in [-0.2, -0.15) is 0 Å². The molecular weight excluding hydrogens is 226 g/mol. The molecule has 0 unspecified atom stereocenters. The fourth-order valence-corrected chi connectivity index (χ4v) is 2.40. The number of hydrogen-bond acceptors (Lipinski definition) is 4. The molecule has 0 spiro atoms. The maximum Gasteiger partial charge on any atom is 0.117 e. The number of halogens is 1. The number of hydrogen-bond donors (Lipinski definition) is 2. The van der Waals surface area contributed by atoms with Gasteiger partial charge in [0.05, 0.1) is 5.54 Å². The van der Waals surface area contributed by atoms with E-state index in [1.165, 1.54) is 0 Å². The maximum atomic E-state index is 6.00. The third-order valence-electron chi connectivity index (χ3n) is 1.78. The molecule has 1 aliphatic rings. The second-order valence-corrected chi connectivity index (χ2v) is 4.41. The van der Waals surface area contributed by atoms with E-state index in [-0.39, 0.29) is 5.54 Å². The van der Waals surface area contributed by atoms with Gasteiger partial charge >= 0.3 is 0 Å². The molecule has 0 bridgehead atoms. The zero-order valence-corrected chi connectivity index (χ0v) is 8.20. The second-order valence-electron chi connectivity index (χ2n) is 2.74. The second kappa shape index (κ2) is 2.52. The van der Waals surface area contributed by atoms with Crippen LogP contribution in [0.15, 0.2) is 9.98 Å². The molecule has 0 aliphatic carbocycles. The third-order valence-corrected chi connectivity index (χ3v) is 3.55. The van der Waals surface area contributed by atoms with Crippen LogP contribution >= 0.6 is 27.3 Å². The summed E-state index contributed by atoms with van der Waals surface area (Å²) in [5.74, 6) is 0. The van der Waals surface area contributed by atoms with Crippen molar-refractivity contribution >= 4 is 27.3 Å². The van der Waals surface area contributed by atoms with E-state index in [1.54, 1.807) is 11.3 Å². The molecule has 3 N–H and O–H groups in total. The molecule has 60 valence electrons. The predicted octanol–water partition coefficient (Wildman–Crippen LogP) is 0.663. The Bertz CT molecular complexity index is 269. The summed E-state index contributed by atoms with van der Waals surface area (Å²) < 4.78 is 0.884. The van der Waals surface area contributed by atoms with Crippen LogP contribution in [0.1, 0.15) is 5.01 Å². The lowest BCUT2D eigenvalue weighted by Gasteiger charge is -2.36. The zero-order chi connectivity index (χ0) is 7.90. The summed E-state index contributed by atoms with van der Waals surface area (Å²) in [6.07, 6.45) is 0. The maximum absolute atomic E-state index is 6.00. The molecule has 1 saturated heterocycles. The smallest absolute Gasteiger partial charge is 0.117 e. The van der Waals surface area contributed by atoms with Gasteiger partial charge in [0.25, 0.3) is 0 Å². The molecule has 1 aromatic heterocycles. The Morgan fingerprint density at radius 1 is 1.73 bits per heavy atom. The predicted molar refractivity (Wildman–Crippen MR) is 48.5 cm³/mol. The van der Waals surface area contributed by atoms with E-state index in [1.807, 2.05) is 5.38 Å². The van der Waals surface area contributed by atoms with Gasteiger partial charge in [-0.15, -0.1) is 11.3 Å². The van der Waals surface area contributed by atoms with Crippen LogP contribution in [0.2, 0.25) is 0 Å². The summed E-state index contributed by atoms with van der Waals surface area (Å²) in [5.41, 5.74) is 5.80. The molecule has 1 aromatic rings. The highest BCUT2D eigenvalue weighted by atomic mass is 79.9. The topological polar surface area (TPSA) is 50.9 Å². The lowest BCUT2D eigenvalue weighted by Crippen LogP contribution is -2.62. The van der Waals surface area contributed by atoms with E-state index in [4.69, 9.17) is 5.73 Å². The van der Waals surface area contributed by atoms with Crippen LogP contribution in [0.3, 0.4) is 0 Å². The van der Waals surface area contributed by atoms with Crippen molar-refractivity contribution in [3.05, 3.63) is 15.0 Å². The van der Waals surface area contributed by atoms with Gasteiger partial charge in [0.15, 0.2) is 0 Å². The van der Waals surface area contributed by atoms with Crippen molar-refractivity contribution < 1.29 is 0 Å². The minimum absolute atomic E-state index is 0.198. The van der Waals surface area contributed by atoms with Crippen LogP contribution in [-0.4, -0.2) is 18.1 Å². The van der Waals surface area contributed by atoms with Crippen molar-refractivity contribution in [2.75, 3.05) is 13.1 Å². The van der Waals surface area contributed by atoms with E-state index in [0.717, 1.165) is 22.7 Å². The number of aromatic nitrogens is 1. The number of thiazole rings is 1. The summed E-state index contributed by atoms with van der Waals surface area (Å²) in [6, 6.07) is 0. The standard InChI is InChI=1S/C6H8BrN3S/c7-4-1-11-5(10-4)6(8)2-9-3-6/h1,9H,2-3,8H2. The first-order chi connectivity index (χ1) is 5.21. The Labute approximate surface area is 77.1 Å². The highest BCUT2D eigenvalue weighted by Crippen LogP contribution is 2.27. The monoisotopic (exact) mass is 233 g/mol. The van der Waals surface area contributed by atoms with Crippen LogP contribution in [0.25, 0.3) is 0 Å². The van der Waals surface area contributed by atoms with Crippen molar-refractivity contribution in [3.63, 3.8) is 0 Å². The molecule has 0 aromatic carbocycles. The lowest BCUT2D eigenvalue weighted by molar-refractivity contribution is 0.286. The molecule has 1 aliphatic heterocycles. The Hall–Kier alpha value is 0.0300. The van der Waals surface area contributed by atoms with E-state index in [9.17, 15) is 0 Å². The van der Waals surface area contributed by atoms with Gasteiger partial charge < -0.3 is 11.1 Å². The Balaban J connectivity index is 2.28. The van der Waals surface area contributed by atoms with Gasteiger partial charge in [0.2, 0.25) is 0 Å². The highest BCUT2D eigenvalue weighted by molar-refractivity contribution is 9.10. The van der Waals surface area contributed by atoms with Crippen molar-refractivity contribution in [2.45, 2.75) is 5.54 Å². The van der Waals surface area contributed by atoms with Crippen LogP contribution in [-0.2, 0) is 5.54 Å². The molecule has 0 amide bonds. The Morgan fingerprint density at radius 3 is 2.82 bits per heavy atom. The molecule has 2 heterocycles. The number of nitrogens with two attached hydrogens (primary N) is 1. The Morgan fingerprint density at radius 2 is 2.45 bits per heavy atom. The van der Waals surface area contributed by atoms with Crippen LogP contribution in [0.5, 0.6) is 0 Å². The summed E-state index contributed by atoms with van der Waals surface area (Å²) in [6.45, 7) is 1.68. The summed E-state index contributed by atoms with van der Waals surface area (Å²) in [4.78, 5) is 4.27. The highest BCUT2D eigenvalue weighted by Gasteiger charge is 2.36. The fraction of sp³-hybridized carbons (Fsp3) is 0.500. The molecule has 11 heavy (non-hydrogen) atoms. The van der Waals surface area contributed by atoms with Crippen molar-refractivity contribution in [1.82, 2.24) is 10.3 Å². The van der Waals surface area contributed by atoms with E-state index >= 15 is 0 Å². The normalized spacial score (nSPS) is 21.3. The number of rotatable bonds is 1. The first kappa shape index (κ1) is 7.67. The molecule has 3 nitrogen and oxygen atoms in total. The molecule has 0 radical (unpaired) electrons. The van der Waals surface area contributed by atoms with E-state index in [2.05, 4.69) is 26.2 Å². The van der Waals surface area contributed by atoms with Gasteiger partial charge in [0.1, 0.15) is 9.61 Å². The molecule has 1 fully saturated rings.